The fourth-order valence-corrected chi connectivity index (χ4v) is 2.07. The van der Waals surface area contributed by atoms with Gasteiger partial charge < -0.3 is 16.0 Å². The third kappa shape index (κ3) is 2.59. The summed E-state index contributed by atoms with van der Waals surface area (Å²) < 4.78 is 0. The van der Waals surface area contributed by atoms with Crippen molar-refractivity contribution in [3.8, 4) is 0 Å². The SMILES string of the molecule is Nc1ccc(NC(=O)c2cc(=O)[nH]c3ccccc23)cn1. The van der Waals surface area contributed by atoms with Gasteiger partial charge in [0.1, 0.15) is 5.82 Å². The van der Waals surface area contributed by atoms with Crippen LogP contribution in [0.1, 0.15) is 10.4 Å². The molecule has 4 N–H and O–H groups in total. The van der Waals surface area contributed by atoms with Crippen molar-refractivity contribution in [1.29, 1.82) is 0 Å². The standard InChI is InChI=1S/C15H12N4O2/c16-13-6-5-9(8-17-13)18-15(21)11-7-14(20)19-12-4-2-1-3-10(11)12/h1-8H,(H2,16,17)(H,18,21)(H,19,20). The second kappa shape index (κ2) is 5.09. The molecule has 104 valence electrons. The van der Waals surface area contributed by atoms with Crippen molar-refractivity contribution in [2.24, 2.45) is 0 Å². The molecule has 0 radical (unpaired) electrons. The van der Waals surface area contributed by atoms with E-state index in [1.165, 1.54) is 12.3 Å². The van der Waals surface area contributed by atoms with E-state index in [1.54, 1.807) is 30.3 Å². The lowest BCUT2D eigenvalue weighted by Gasteiger charge is -2.07. The maximum Gasteiger partial charge on any atom is 0.256 e. The van der Waals surface area contributed by atoms with E-state index in [-0.39, 0.29) is 11.5 Å². The lowest BCUT2D eigenvalue weighted by atomic mass is 10.1. The van der Waals surface area contributed by atoms with Crippen LogP contribution in [0.25, 0.3) is 10.9 Å². The number of anilines is 2. The van der Waals surface area contributed by atoms with E-state index < -0.39 is 0 Å². The van der Waals surface area contributed by atoms with Gasteiger partial charge in [-0.05, 0) is 18.2 Å². The average Bonchev–Trinajstić information content (AvgIpc) is 2.48. The highest BCUT2D eigenvalue weighted by atomic mass is 16.2. The molecule has 2 heterocycles. The number of hydrogen-bond donors (Lipinski definition) is 3. The third-order valence-electron chi connectivity index (χ3n) is 3.04. The fourth-order valence-electron chi connectivity index (χ4n) is 2.07. The molecular formula is C15H12N4O2. The summed E-state index contributed by atoms with van der Waals surface area (Å²) in [5.41, 5.74) is 6.61. The van der Waals surface area contributed by atoms with Gasteiger partial charge >= 0.3 is 0 Å². The van der Waals surface area contributed by atoms with Gasteiger partial charge in [0, 0.05) is 17.0 Å². The van der Waals surface area contributed by atoms with Crippen LogP contribution in [0.15, 0.2) is 53.5 Å². The molecule has 0 spiro atoms. The first kappa shape index (κ1) is 12.9. The molecule has 0 aliphatic heterocycles. The number of H-pyrrole nitrogens is 1. The molecule has 3 rings (SSSR count). The first-order valence-electron chi connectivity index (χ1n) is 6.28. The smallest absolute Gasteiger partial charge is 0.256 e. The highest BCUT2D eigenvalue weighted by Gasteiger charge is 2.11. The number of hydrogen-bond acceptors (Lipinski definition) is 4. The second-order valence-electron chi connectivity index (χ2n) is 4.52. The number of pyridine rings is 2. The first-order chi connectivity index (χ1) is 10.1. The van der Waals surface area contributed by atoms with Crippen molar-refractivity contribution in [1.82, 2.24) is 9.97 Å². The Morgan fingerprint density at radius 3 is 2.76 bits per heavy atom. The number of nitrogens with one attached hydrogen (secondary N) is 2. The molecule has 3 aromatic rings. The minimum Gasteiger partial charge on any atom is -0.384 e. The van der Waals surface area contributed by atoms with Gasteiger partial charge in [-0.3, -0.25) is 9.59 Å². The summed E-state index contributed by atoms with van der Waals surface area (Å²) in [6.07, 6.45) is 1.46. The van der Waals surface area contributed by atoms with Crippen LogP contribution in [-0.2, 0) is 0 Å². The van der Waals surface area contributed by atoms with Crippen LogP contribution in [-0.4, -0.2) is 15.9 Å². The van der Waals surface area contributed by atoms with Gasteiger partial charge in [-0.25, -0.2) is 4.98 Å². The van der Waals surface area contributed by atoms with Crippen molar-refractivity contribution in [3.63, 3.8) is 0 Å². The number of aromatic amines is 1. The Hall–Kier alpha value is -3.15. The minimum atomic E-state index is -0.371. The summed E-state index contributed by atoms with van der Waals surface area (Å²) in [5, 5.41) is 3.37. The van der Waals surface area contributed by atoms with Crippen LogP contribution >= 0.6 is 0 Å². The Bertz CT molecular complexity index is 869. The predicted molar refractivity (Wildman–Crippen MR) is 81.2 cm³/mol. The van der Waals surface area contributed by atoms with Crippen molar-refractivity contribution in [2.45, 2.75) is 0 Å². The molecule has 0 aliphatic carbocycles. The minimum absolute atomic E-state index is 0.311. The van der Waals surface area contributed by atoms with Gasteiger partial charge in [0.05, 0.1) is 17.4 Å². The van der Waals surface area contributed by atoms with E-state index in [0.717, 1.165) is 0 Å². The molecule has 1 aromatic carbocycles. The van der Waals surface area contributed by atoms with E-state index in [2.05, 4.69) is 15.3 Å². The normalized spacial score (nSPS) is 10.5. The largest absolute Gasteiger partial charge is 0.384 e. The molecule has 0 unspecified atom stereocenters. The van der Waals surface area contributed by atoms with Gasteiger partial charge in [-0.1, -0.05) is 18.2 Å². The number of fused-ring (bicyclic) bond motifs is 1. The lowest BCUT2D eigenvalue weighted by Crippen LogP contribution is -2.17. The van der Waals surface area contributed by atoms with E-state index in [0.29, 0.717) is 28.0 Å². The van der Waals surface area contributed by atoms with Gasteiger partial charge in [0.15, 0.2) is 0 Å². The molecule has 0 saturated heterocycles. The van der Waals surface area contributed by atoms with E-state index in [9.17, 15) is 9.59 Å². The van der Waals surface area contributed by atoms with Gasteiger partial charge in [0.25, 0.3) is 5.91 Å². The topological polar surface area (TPSA) is 101 Å². The number of aromatic nitrogens is 2. The Balaban J connectivity index is 2.01. The summed E-state index contributed by atoms with van der Waals surface area (Å²) in [6.45, 7) is 0. The molecule has 1 amide bonds. The number of carbonyl (C=O) groups excluding carboxylic acids is 1. The number of benzene rings is 1. The zero-order valence-electron chi connectivity index (χ0n) is 11.0. The summed E-state index contributed by atoms with van der Waals surface area (Å²) in [5.74, 6) is -0.00141. The van der Waals surface area contributed by atoms with E-state index >= 15 is 0 Å². The van der Waals surface area contributed by atoms with Crippen molar-refractivity contribution < 1.29 is 4.79 Å². The molecular weight excluding hydrogens is 268 g/mol. The third-order valence-corrected chi connectivity index (χ3v) is 3.04. The van der Waals surface area contributed by atoms with Crippen LogP contribution in [0.4, 0.5) is 11.5 Å². The number of para-hydroxylation sites is 1. The lowest BCUT2D eigenvalue weighted by molar-refractivity contribution is 0.102. The Labute approximate surface area is 119 Å². The van der Waals surface area contributed by atoms with Crippen molar-refractivity contribution in [3.05, 3.63) is 64.6 Å². The van der Waals surface area contributed by atoms with E-state index in [1.807, 2.05) is 6.07 Å². The van der Waals surface area contributed by atoms with Crippen LogP contribution in [0, 0.1) is 0 Å². The highest BCUT2D eigenvalue weighted by Crippen LogP contribution is 2.16. The Morgan fingerprint density at radius 2 is 2.00 bits per heavy atom. The monoisotopic (exact) mass is 280 g/mol. The summed E-state index contributed by atoms with van der Waals surface area (Å²) >= 11 is 0. The number of nitrogen functional groups attached to an aromatic ring is 1. The number of nitrogens with two attached hydrogens (primary N) is 1. The van der Waals surface area contributed by atoms with Crippen LogP contribution < -0.4 is 16.6 Å². The molecule has 0 fully saturated rings. The Morgan fingerprint density at radius 1 is 1.19 bits per heavy atom. The molecule has 21 heavy (non-hydrogen) atoms. The zero-order chi connectivity index (χ0) is 14.8. The maximum absolute atomic E-state index is 12.3. The average molecular weight is 280 g/mol. The predicted octanol–water partition coefficient (Wildman–Crippen LogP) is 1.76. The number of nitrogens with zero attached hydrogens (tertiary/aromatic N) is 1. The Kier molecular flexibility index (Phi) is 3.12. The summed E-state index contributed by atoms with van der Waals surface area (Å²) in [4.78, 5) is 30.6. The van der Waals surface area contributed by atoms with Crippen LogP contribution in [0.3, 0.4) is 0 Å². The second-order valence-corrected chi connectivity index (χ2v) is 4.52. The van der Waals surface area contributed by atoms with Gasteiger partial charge in [0.2, 0.25) is 5.56 Å². The number of amides is 1. The molecule has 0 bridgehead atoms. The van der Waals surface area contributed by atoms with Gasteiger partial charge in [-0.2, -0.15) is 0 Å². The zero-order valence-corrected chi connectivity index (χ0v) is 11.0. The molecule has 2 aromatic heterocycles. The number of rotatable bonds is 2. The molecule has 6 nitrogen and oxygen atoms in total. The van der Waals surface area contributed by atoms with Crippen LogP contribution in [0.2, 0.25) is 0 Å². The van der Waals surface area contributed by atoms with Crippen molar-refractivity contribution >= 4 is 28.3 Å². The van der Waals surface area contributed by atoms with Gasteiger partial charge in [-0.15, -0.1) is 0 Å². The molecule has 6 heteroatoms. The molecule has 0 saturated carbocycles. The summed E-state index contributed by atoms with van der Waals surface area (Å²) in [6, 6.07) is 11.6. The quantitative estimate of drug-likeness (QED) is 0.665. The molecule has 0 atom stereocenters. The highest BCUT2D eigenvalue weighted by molar-refractivity contribution is 6.12. The fraction of sp³-hybridized carbons (Fsp3) is 0. The maximum atomic E-state index is 12.3. The molecule has 0 aliphatic rings. The van der Waals surface area contributed by atoms with Crippen LogP contribution in [0.5, 0.6) is 0 Å². The first-order valence-corrected chi connectivity index (χ1v) is 6.28. The number of carbonyl (C=O) groups is 1. The van der Waals surface area contributed by atoms with Crippen molar-refractivity contribution in [2.75, 3.05) is 11.1 Å². The van der Waals surface area contributed by atoms with E-state index in [4.69, 9.17) is 5.73 Å². The summed E-state index contributed by atoms with van der Waals surface area (Å²) in [7, 11) is 0.